The van der Waals surface area contributed by atoms with E-state index in [4.69, 9.17) is 5.73 Å². The number of thiophene rings is 1. The number of amides is 1. The molecule has 1 unspecified atom stereocenters. The molecule has 1 aromatic carbocycles. The Labute approximate surface area is 123 Å². The summed E-state index contributed by atoms with van der Waals surface area (Å²) in [6.45, 7) is 0.160. The van der Waals surface area contributed by atoms with Crippen molar-refractivity contribution >= 4 is 38.9 Å². The molecular weight excluding hydrogens is 328 g/mol. The molecule has 0 fully saturated rings. The number of anilines is 1. The van der Waals surface area contributed by atoms with Gasteiger partial charge in [-0.25, -0.2) is 0 Å². The van der Waals surface area contributed by atoms with E-state index in [1.165, 1.54) is 11.3 Å². The van der Waals surface area contributed by atoms with Crippen molar-refractivity contribution in [2.75, 3.05) is 12.3 Å². The highest BCUT2D eigenvalue weighted by Crippen LogP contribution is 2.22. The predicted molar refractivity (Wildman–Crippen MR) is 80.2 cm³/mol. The Kier molecular flexibility index (Phi) is 4.57. The number of rotatable bonds is 4. The maximum Gasteiger partial charge on any atom is 0.262 e. The van der Waals surface area contributed by atoms with Crippen LogP contribution in [-0.2, 0) is 0 Å². The highest BCUT2D eigenvalue weighted by molar-refractivity contribution is 9.10. The third-order valence-corrected chi connectivity index (χ3v) is 4.44. The lowest BCUT2D eigenvalue weighted by atomic mass is 10.1. The average Bonchev–Trinajstić information content (AvgIpc) is 2.83. The van der Waals surface area contributed by atoms with E-state index in [1.54, 1.807) is 24.3 Å². The maximum atomic E-state index is 11.9. The van der Waals surface area contributed by atoms with Crippen molar-refractivity contribution in [2.24, 2.45) is 0 Å². The number of carbonyl (C=O) groups is 1. The first-order valence-electron chi connectivity index (χ1n) is 5.62. The van der Waals surface area contributed by atoms with Gasteiger partial charge in [0.05, 0.1) is 6.10 Å². The first kappa shape index (κ1) is 14.0. The molecule has 6 heteroatoms. The van der Waals surface area contributed by atoms with Crippen molar-refractivity contribution in [2.45, 2.75) is 6.10 Å². The van der Waals surface area contributed by atoms with Crippen molar-refractivity contribution < 1.29 is 9.90 Å². The molecule has 4 N–H and O–H groups in total. The van der Waals surface area contributed by atoms with Crippen LogP contribution in [0.15, 0.2) is 40.2 Å². The van der Waals surface area contributed by atoms with E-state index >= 15 is 0 Å². The highest BCUT2D eigenvalue weighted by Gasteiger charge is 2.13. The second-order valence-electron chi connectivity index (χ2n) is 3.99. The Morgan fingerprint density at radius 2 is 2.05 bits per heavy atom. The lowest BCUT2D eigenvalue weighted by molar-refractivity contribution is 0.0919. The zero-order chi connectivity index (χ0) is 13.8. The number of aliphatic hydroxyl groups excluding tert-OH is 1. The number of carbonyl (C=O) groups excluding carboxylic acids is 1. The SMILES string of the molecule is Nc1ccc(C(O)CNC(=O)c2sccc2Br)cc1. The normalized spacial score (nSPS) is 12.1. The van der Waals surface area contributed by atoms with Gasteiger partial charge in [-0.05, 0) is 45.1 Å². The molecule has 19 heavy (non-hydrogen) atoms. The summed E-state index contributed by atoms with van der Waals surface area (Å²) in [5, 5.41) is 14.5. The van der Waals surface area contributed by atoms with Crippen molar-refractivity contribution in [3.63, 3.8) is 0 Å². The summed E-state index contributed by atoms with van der Waals surface area (Å²) in [6, 6.07) is 8.74. The number of halogens is 1. The molecule has 0 bridgehead atoms. The lowest BCUT2D eigenvalue weighted by Crippen LogP contribution is -2.27. The highest BCUT2D eigenvalue weighted by atomic mass is 79.9. The van der Waals surface area contributed by atoms with Crippen LogP contribution in [0.5, 0.6) is 0 Å². The van der Waals surface area contributed by atoms with E-state index in [-0.39, 0.29) is 12.5 Å². The Balaban J connectivity index is 1.94. The van der Waals surface area contributed by atoms with Crippen LogP contribution in [0, 0.1) is 0 Å². The summed E-state index contributed by atoms with van der Waals surface area (Å²) in [4.78, 5) is 12.5. The van der Waals surface area contributed by atoms with Gasteiger partial charge < -0.3 is 16.2 Å². The average molecular weight is 341 g/mol. The van der Waals surface area contributed by atoms with Gasteiger partial charge in [-0.2, -0.15) is 0 Å². The number of nitrogens with two attached hydrogens (primary N) is 1. The van der Waals surface area contributed by atoms with Crippen LogP contribution in [-0.4, -0.2) is 17.6 Å². The van der Waals surface area contributed by atoms with Crippen LogP contribution in [0.4, 0.5) is 5.69 Å². The summed E-state index contributed by atoms with van der Waals surface area (Å²) in [5.41, 5.74) is 6.94. The molecule has 0 saturated carbocycles. The van der Waals surface area contributed by atoms with Crippen LogP contribution in [0.25, 0.3) is 0 Å². The minimum absolute atomic E-state index is 0.160. The molecule has 0 aliphatic heterocycles. The maximum absolute atomic E-state index is 11.9. The molecule has 100 valence electrons. The Hall–Kier alpha value is -1.37. The number of benzene rings is 1. The van der Waals surface area contributed by atoms with Crippen molar-refractivity contribution in [1.82, 2.24) is 5.32 Å². The summed E-state index contributed by atoms with van der Waals surface area (Å²) < 4.78 is 0.761. The molecular formula is C13H13BrN2O2S. The molecule has 1 aromatic heterocycles. The summed E-state index contributed by atoms with van der Waals surface area (Å²) in [6.07, 6.45) is -0.747. The minimum atomic E-state index is -0.747. The Morgan fingerprint density at radius 1 is 1.37 bits per heavy atom. The monoisotopic (exact) mass is 340 g/mol. The predicted octanol–water partition coefficient (Wildman–Crippen LogP) is 2.56. The second-order valence-corrected chi connectivity index (χ2v) is 5.76. The Bertz CT molecular complexity index is 568. The van der Waals surface area contributed by atoms with Gasteiger partial charge >= 0.3 is 0 Å². The van der Waals surface area contributed by atoms with Gasteiger partial charge in [-0.1, -0.05) is 12.1 Å². The Morgan fingerprint density at radius 3 is 2.63 bits per heavy atom. The third-order valence-electron chi connectivity index (χ3n) is 2.60. The zero-order valence-electron chi connectivity index (χ0n) is 9.97. The molecule has 1 atom stereocenters. The molecule has 4 nitrogen and oxygen atoms in total. The second kappa shape index (κ2) is 6.18. The summed E-state index contributed by atoms with van der Waals surface area (Å²) in [5.74, 6) is -0.198. The lowest BCUT2D eigenvalue weighted by Gasteiger charge is -2.12. The number of hydrogen-bond acceptors (Lipinski definition) is 4. The molecule has 0 radical (unpaired) electrons. The van der Waals surface area contributed by atoms with Crippen LogP contribution >= 0.6 is 27.3 Å². The van der Waals surface area contributed by atoms with E-state index in [2.05, 4.69) is 21.2 Å². The van der Waals surface area contributed by atoms with Crippen LogP contribution < -0.4 is 11.1 Å². The minimum Gasteiger partial charge on any atom is -0.399 e. The molecule has 1 heterocycles. The van der Waals surface area contributed by atoms with Gasteiger partial charge in [-0.15, -0.1) is 11.3 Å². The number of aliphatic hydroxyl groups is 1. The van der Waals surface area contributed by atoms with Crippen LogP contribution in [0.1, 0.15) is 21.3 Å². The summed E-state index contributed by atoms with van der Waals surface area (Å²) >= 11 is 4.65. The van der Waals surface area contributed by atoms with E-state index in [0.29, 0.717) is 10.6 Å². The fourth-order valence-corrected chi connectivity index (χ4v) is 3.03. The standard InChI is InChI=1S/C13H13BrN2O2S/c14-10-5-6-19-12(10)13(18)16-7-11(17)8-1-3-9(15)4-2-8/h1-6,11,17H,7,15H2,(H,16,18). The van der Waals surface area contributed by atoms with Gasteiger partial charge in [0.25, 0.3) is 5.91 Å². The van der Waals surface area contributed by atoms with E-state index in [1.807, 2.05) is 11.4 Å². The number of hydrogen-bond donors (Lipinski definition) is 3. The van der Waals surface area contributed by atoms with Crippen LogP contribution in [0.2, 0.25) is 0 Å². The molecule has 2 aromatic rings. The van der Waals surface area contributed by atoms with E-state index in [9.17, 15) is 9.90 Å². The fourth-order valence-electron chi connectivity index (χ4n) is 1.56. The van der Waals surface area contributed by atoms with Crippen molar-refractivity contribution in [1.29, 1.82) is 0 Å². The summed E-state index contributed by atoms with van der Waals surface area (Å²) in [7, 11) is 0. The molecule has 0 saturated heterocycles. The number of nitrogen functional groups attached to an aromatic ring is 1. The molecule has 0 aliphatic carbocycles. The zero-order valence-corrected chi connectivity index (χ0v) is 12.4. The number of nitrogens with one attached hydrogen (secondary N) is 1. The topological polar surface area (TPSA) is 75.3 Å². The van der Waals surface area contributed by atoms with Gasteiger partial charge in [0.15, 0.2) is 0 Å². The van der Waals surface area contributed by atoms with Gasteiger partial charge in [0, 0.05) is 16.7 Å². The molecule has 0 spiro atoms. The van der Waals surface area contributed by atoms with Gasteiger partial charge in [0.1, 0.15) is 4.88 Å². The van der Waals surface area contributed by atoms with Crippen molar-refractivity contribution in [3.05, 3.63) is 50.6 Å². The smallest absolute Gasteiger partial charge is 0.262 e. The quantitative estimate of drug-likeness (QED) is 0.748. The molecule has 1 amide bonds. The molecule has 0 aliphatic rings. The van der Waals surface area contributed by atoms with E-state index < -0.39 is 6.10 Å². The molecule has 2 rings (SSSR count). The van der Waals surface area contributed by atoms with Crippen LogP contribution in [0.3, 0.4) is 0 Å². The van der Waals surface area contributed by atoms with Gasteiger partial charge in [0.2, 0.25) is 0 Å². The fraction of sp³-hybridized carbons (Fsp3) is 0.154. The van der Waals surface area contributed by atoms with Gasteiger partial charge in [-0.3, -0.25) is 4.79 Å². The third kappa shape index (κ3) is 3.56. The first-order chi connectivity index (χ1) is 9.08. The largest absolute Gasteiger partial charge is 0.399 e. The first-order valence-corrected chi connectivity index (χ1v) is 7.30. The van der Waals surface area contributed by atoms with E-state index in [0.717, 1.165) is 10.0 Å². The van der Waals surface area contributed by atoms with Crippen molar-refractivity contribution in [3.8, 4) is 0 Å².